The largest absolute Gasteiger partial charge is 0.489 e. The number of rotatable bonds is 4. The number of halogens is 2. The third-order valence-corrected chi connectivity index (χ3v) is 3.28. The maximum atomic E-state index is 8.78. The molecular formula is C14H10BrClN2O. The Bertz CT molecular complexity index is 625. The van der Waals surface area contributed by atoms with Gasteiger partial charge in [-0.3, -0.25) is 0 Å². The molecule has 0 radical (unpaired) electrons. The molecule has 0 atom stereocenters. The van der Waals surface area contributed by atoms with E-state index < -0.39 is 0 Å². The van der Waals surface area contributed by atoms with E-state index in [4.69, 9.17) is 21.6 Å². The first-order chi connectivity index (χ1) is 9.22. The zero-order valence-electron chi connectivity index (χ0n) is 9.94. The summed E-state index contributed by atoms with van der Waals surface area (Å²) in [5.74, 6) is 1.13. The second-order valence-electron chi connectivity index (χ2n) is 3.84. The summed E-state index contributed by atoms with van der Waals surface area (Å²) in [5, 5.41) is 8.78. The second-order valence-corrected chi connectivity index (χ2v) is 5.02. The van der Waals surface area contributed by atoms with Crippen molar-refractivity contribution in [1.82, 2.24) is 4.98 Å². The van der Waals surface area contributed by atoms with Crippen LogP contribution in [-0.4, -0.2) is 4.98 Å². The maximum absolute atomic E-state index is 8.78. The summed E-state index contributed by atoms with van der Waals surface area (Å²) in [7, 11) is 0. The molecule has 0 spiro atoms. The Kier molecular flexibility index (Phi) is 4.78. The molecule has 5 heteroatoms. The molecule has 1 aromatic heterocycles. The first kappa shape index (κ1) is 13.9. The maximum Gasteiger partial charge on any atom is 0.140 e. The third kappa shape index (κ3) is 3.69. The number of nitrogens with zero attached hydrogens (tertiary/aromatic N) is 2. The smallest absolute Gasteiger partial charge is 0.140 e. The summed E-state index contributed by atoms with van der Waals surface area (Å²) in [4.78, 5) is 3.91. The Balaban J connectivity index is 2.12. The van der Waals surface area contributed by atoms with Crippen molar-refractivity contribution in [3.8, 4) is 11.8 Å². The van der Waals surface area contributed by atoms with Crippen LogP contribution in [0.3, 0.4) is 0 Å². The van der Waals surface area contributed by atoms with E-state index in [0.29, 0.717) is 18.2 Å². The zero-order valence-corrected chi connectivity index (χ0v) is 12.3. The number of benzene rings is 1. The molecule has 0 unspecified atom stereocenters. The van der Waals surface area contributed by atoms with Crippen molar-refractivity contribution >= 4 is 27.5 Å². The van der Waals surface area contributed by atoms with Gasteiger partial charge >= 0.3 is 0 Å². The number of ether oxygens (including phenoxy) is 1. The Labute approximate surface area is 124 Å². The topological polar surface area (TPSA) is 45.9 Å². The molecular weight excluding hydrogens is 328 g/mol. The van der Waals surface area contributed by atoms with Crippen LogP contribution in [0.2, 0.25) is 0 Å². The molecule has 0 aliphatic heterocycles. The van der Waals surface area contributed by atoms with Crippen LogP contribution in [-0.2, 0) is 12.5 Å². The van der Waals surface area contributed by atoms with Gasteiger partial charge < -0.3 is 4.74 Å². The number of nitriles is 1. The van der Waals surface area contributed by atoms with Gasteiger partial charge in [-0.15, -0.1) is 11.6 Å². The Hall–Kier alpha value is -1.57. The van der Waals surface area contributed by atoms with Crippen molar-refractivity contribution in [2.45, 2.75) is 12.5 Å². The minimum absolute atomic E-state index is 0.378. The third-order valence-electron chi connectivity index (χ3n) is 2.50. The van der Waals surface area contributed by atoms with E-state index in [0.717, 1.165) is 21.3 Å². The van der Waals surface area contributed by atoms with Gasteiger partial charge in [0.2, 0.25) is 0 Å². The Morgan fingerprint density at radius 1 is 1.32 bits per heavy atom. The van der Waals surface area contributed by atoms with E-state index in [2.05, 4.69) is 20.9 Å². The van der Waals surface area contributed by atoms with Crippen molar-refractivity contribution < 1.29 is 4.74 Å². The van der Waals surface area contributed by atoms with Crippen LogP contribution in [0.25, 0.3) is 0 Å². The molecule has 19 heavy (non-hydrogen) atoms. The van der Waals surface area contributed by atoms with Crippen molar-refractivity contribution in [2.24, 2.45) is 0 Å². The van der Waals surface area contributed by atoms with Crippen LogP contribution in [0.15, 0.2) is 41.0 Å². The molecule has 3 nitrogen and oxygen atoms in total. The minimum Gasteiger partial charge on any atom is -0.489 e. The molecule has 0 aliphatic carbocycles. The van der Waals surface area contributed by atoms with Gasteiger partial charge in [0.1, 0.15) is 24.1 Å². The predicted molar refractivity (Wildman–Crippen MR) is 77.0 cm³/mol. The number of hydrogen-bond acceptors (Lipinski definition) is 3. The molecule has 96 valence electrons. The molecule has 0 fully saturated rings. The second kappa shape index (κ2) is 6.55. The van der Waals surface area contributed by atoms with E-state index in [1.807, 2.05) is 30.3 Å². The Morgan fingerprint density at radius 3 is 2.89 bits per heavy atom. The van der Waals surface area contributed by atoms with Crippen molar-refractivity contribution in [1.29, 1.82) is 5.26 Å². The fraction of sp³-hybridized carbons (Fsp3) is 0.143. The summed E-state index contributed by atoms with van der Waals surface area (Å²) in [6.07, 6.45) is 1.60. The van der Waals surface area contributed by atoms with E-state index in [-0.39, 0.29) is 0 Å². The lowest BCUT2D eigenvalue weighted by Crippen LogP contribution is -1.99. The highest BCUT2D eigenvalue weighted by atomic mass is 79.9. The quantitative estimate of drug-likeness (QED) is 0.791. The number of aromatic nitrogens is 1. The highest BCUT2D eigenvalue weighted by Crippen LogP contribution is 2.25. The van der Waals surface area contributed by atoms with Gasteiger partial charge in [-0.2, -0.15) is 5.26 Å². The van der Waals surface area contributed by atoms with Gasteiger partial charge in [-0.1, -0.05) is 15.9 Å². The van der Waals surface area contributed by atoms with E-state index in [9.17, 15) is 0 Å². The monoisotopic (exact) mass is 336 g/mol. The molecule has 2 rings (SSSR count). The van der Waals surface area contributed by atoms with Gasteiger partial charge in [-0.05, 0) is 35.9 Å². The van der Waals surface area contributed by atoms with E-state index in [1.165, 1.54) is 0 Å². The first-order valence-electron chi connectivity index (χ1n) is 5.55. The normalized spacial score (nSPS) is 9.95. The average Bonchev–Trinajstić information content (AvgIpc) is 2.46. The standard InChI is InChI=1S/C14H10BrClN2O/c15-12-1-2-14(11(6-12)7-16)19-9-10-3-4-18-13(5-10)8-17/h1-6H,7,9H2. The zero-order chi connectivity index (χ0) is 13.7. The lowest BCUT2D eigenvalue weighted by molar-refractivity contribution is 0.303. The lowest BCUT2D eigenvalue weighted by Gasteiger charge is -2.10. The summed E-state index contributed by atoms with van der Waals surface area (Å²) >= 11 is 9.27. The molecule has 0 saturated heterocycles. The average molecular weight is 338 g/mol. The predicted octanol–water partition coefficient (Wildman–Crippen LogP) is 4.03. The van der Waals surface area contributed by atoms with Gasteiger partial charge in [0.05, 0.1) is 5.88 Å². The molecule has 1 heterocycles. The van der Waals surface area contributed by atoms with Gasteiger partial charge in [0.25, 0.3) is 0 Å². The highest BCUT2D eigenvalue weighted by Gasteiger charge is 2.04. The molecule has 2 aromatic rings. The number of alkyl halides is 1. The summed E-state index contributed by atoms with van der Waals surface area (Å²) in [5.41, 5.74) is 2.20. The molecule has 0 amide bonds. The Morgan fingerprint density at radius 2 is 2.16 bits per heavy atom. The lowest BCUT2D eigenvalue weighted by atomic mass is 10.2. The van der Waals surface area contributed by atoms with Crippen LogP contribution in [0.1, 0.15) is 16.8 Å². The molecule has 0 aliphatic rings. The molecule has 0 bridgehead atoms. The molecule has 0 N–H and O–H groups in total. The van der Waals surface area contributed by atoms with Crippen LogP contribution in [0, 0.1) is 11.3 Å². The molecule has 0 saturated carbocycles. The van der Waals surface area contributed by atoms with Crippen LogP contribution < -0.4 is 4.74 Å². The van der Waals surface area contributed by atoms with Crippen molar-refractivity contribution in [3.63, 3.8) is 0 Å². The van der Waals surface area contributed by atoms with Crippen LogP contribution >= 0.6 is 27.5 Å². The molecule has 1 aromatic carbocycles. The van der Waals surface area contributed by atoms with Gasteiger partial charge in [0, 0.05) is 16.2 Å². The summed E-state index contributed by atoms with van der Waals surface area (Å²) in [6, 6.07) is 11.2. The first-order valence-corrected chi connectivity index (χ1v) is 6.88. The summed E-state index contributed by atoms with van der Waals surface area (Å²) in [6.45, 7) is 0.378. The summed E-state index contributed by atoms with van der Waals surface area (Å²) < 4.78 is 6.69. The van der Waals surface area contributed by atoms with Crippen LogP contribution in [0.4, 0.5) is 0 Å². The number of pyridine rings is 1. The minimum atomic E-state index is 0.378. The van der Waals surface area contributed by atoms with E-state index in [1.54, 1.807) is 12.3 Å². The van der Waals surface area contributed by atoms with Crippen molar-refractivity contribution in [3.05, 3.63) is 57.8 Å². The van der Waals surface area contributed by atoms with Gasteiger partial charge in [-0.25, -0.2) is 4.98 Å². The highest BCUT2D eigenvalue weighted by molar-refractivity contribution is 9.10. The van der Waals surface area contributed by atoms with Crippen LogP contribution in [0.5, 0.6) is 5.75 Å². The fourth-order valence-electron chi connectivity index (χ4n) is 1.58. The van der Waals surface area contributed by atoms with Gasteiger partial charge in [0.15, 0.2) is 0 Å². The van der Waals surface area contributed by atoms with Crippen molar-refractivity contribution in [2.75, 3.05) is 0 Å². The van der Waals surface area contributed by atoms with E-state index >= 15 is 0 Å². The number of hydrogen-bond donors (Lipinski definition) is 0. The fourth-order valence-corrected chi connectivity index (χ4v) is 2.20. The SMILES string of the molecule is N#Cc1cc(COc2ccc(Br)cc2CCl)ccn1.